The van der Waals surface area contributed by atoms with Crippen LogP contribution in [0.3, 0.4) is 0 Å². The normalized spacial score (nSPS) is 22.0. The number of nitrogens with one attached hydrogen (secondary N) is 2. The zero-order valence-corrected chi connectivity index (χ0v) is 20.0. The third kappa shape index (κ3) is 4.69. The quantitative estimate of drug-likeness (QED) is 0.436. The van der Waals surface area contributed by atoms with Gasteiger partial charge >= 0.3 is 0 Å². The molecule has 0 aliphatic carbocycles. The summed E-state index contributed by atoms with van der Waals surface area (Å²) < 4.78 is 20.4. The van der Waals surface area contributed by atoms with Gasteiger partial charge in [0.25, 0.3) is 5.91 Å². The number of carbonyl (C=O) groups is 3. The van der Waals surface area contributed by atoms with E-state index in [-0.39, 0.29) is 37.7 Å². The Labute approximate surface area is 210 Å². The van der Waals surface area contributed by atoms with Crippen molar-refractivity contribution in [1.29, 1.82) is 0 Å². The molecule has 10 heteroatoms. The molecule has 36 heavy (non-hydrogen) atoms. The molecule has 0 bridgehead atoms. The van der Waals surface area contributed by atoms with Crippen LogP contribution in [0.4, 0.5) is 10.1 Å². The van der Waals surface area contributed by atoms with Crippen molar-refractivity contribution >= 4 is 31.3 Å². The molecule has 2 saturated heterocycles. The SMILES string of the molecule is [B]C1(N2Cc3c(NCc4cc(OCCN5CCCC5)ccc4F)cccc3C2=O)CCC(=O)NC1=O. The first kappa shape index (κ1) is 24.3. The van der Waals surface area contributed by atoms with Crippen molar-refractivity contribution in [2.24, 2.45) is 0 Å². The Morgan fingerprint density at radius 1 is 1.14 bits per heavy atom. The van der Waals surface area contributed by atoms with Gasteiger partial charge in [0.2, 0.25) is 11.8 Å². The average Bonchev–Trinajstić information content (AvgIpc) is 3.50. The van der Waals surface area contributed by atoms with Gasteiger partial charge in [-0.15, -0.1) is 0 Å². The van der Waals surface area contributed by atoms with Gasteiger partial charge in [0, 0.05) is 48.4 Å². The van der Waals surface area contributed by atoms with Gasteiger partial charge in [0.1, 0.15) is 26.0 Å². The summed E-state index contributed by atoms with van der Waals surface area (Å²) in [6, 6.07) is 9.91. The fourth-order valence-electron chi connectivity index (χ4n) is 5.06. The van der Waals surface area contributed by atoms with Crippen LogP contribution >= 0.6 is 0 Å². The van der Waals surface area contributed by atoms with Crippen LogP contribution in [0, 0.1) is 5.82 Å². The predicted molar refractivity (Wildman–Crippen MR) is 132 cm³/mol. The molecule has 5 rings (SSSR count). The maximum Gasteiger partial charge on any atom is 0.254 e. The zero-order valence-electron chi connectivity index (χ0n) is 20.0. The molecule has 3 aliphatic rings. The highest BCUT2D eigenvalue weighted by atomic mass is 19.1. The minimum Gasteiger partial charge on any atom is -0.492 e. The summed E-state index contributed by atoms with van der Waals surface area (Å²) in [5.74, 6) is -1.21. The molecule has 2 aromatic carbocycles. The Balaban J connectivity index is 1.27. The minimum atomic E-state index is -1.60. The van der Waals surface area contributed by atoms with E-state index in [9.17, 15) is 18.8 Å². The second-order valence-electron chi connectivity index (χ2n) is 9.53. The molecule has 3 amide bonds. The van der Waals surface area contributed by atoms with E-state index in [1.165, 1.54) is 23.8 Å². The van der Waals surface area contributed by atoms with E-state index in [1.54, 1.807) is 30.3 Å². The summed E-state index contributed by atoms with van der Waals surface area (Å²) in [7, 11) is 6.33. The molecule has 3 aliphatic heterocycles. The lowest BCUT2D eigenvalue weighted by Crippen LogP contribution is -2.63. The van der Waals surface area contributed by atoms with E-state index < -0.39 is 17.3 Å². The lowest BCUT2D eigenvalue weighted by atomic mass is 9.70. The van der Waals surface area contributed by atoms with Gasteiger partial charge in [-0.1, -0.05) is 6.07 Å². The summed E-state index contributed by atoms with van der Waals surface area (Å²) in [6.07, 6.45) is 2.55. The molecular weight excluding hydrogens is 462 g/mol. The first-order valence-corrected chi connectivity index (χ1v) is 12.3. The van der Waals surface area contributed by atoms with Crippen LogP contribution in [0.25, 0.3) is 0 Å². The van der Waals surface area contributed by atoms with Crippen LogP contribution in [0.2, 0.25) is 0 Å². The van der Waals surface area contributed by atoms with Crippen molar-refractivity contribution in [2.75, 3.05) is 31.6 Å². The highest BCUT2D eigenvalue weighted by molar-refractivity contribution is 6.32. The van der Waals surface area contributed by atoms with Crippen LogP contribution < -0.4 is 15.4 Å². The molecule has 186 valence electrons. The molecular formula is C26H28BFN4O4. The number of carbonyl (C=O) groups excluding carboxylic acids is 3. The molecule has 2 aromatic rings. The lowest BCUT2D eigenvalue weighted by Gasteiger charge is -2.40. The second kappa shape index (κ2) is 9.93. The molecule has 2 fully saturated rings. The number of anilines is 1. The Hall–Kier alpha value is -3.40. The van der Waals surface area contributed by atoms with E-state index in [2.05, 4.69) is 15.5 Å². The largest absolute Gasteiger partial charge is 0.492 e. The Bertz CT molecular complexity index is 1200. The molecule has 8 nitrogen and oxygen atoms in total. The number of imide groups is 1. The molecule has 0 aromatic heterocycles. The summed E-state index contributed by atoms with van der Waals surface area (Å²) in [4.78, 5) is 40.9. The number of likely N-dealkylation sites (tertiary alicyclic amines) is 1. The smallest absolute Gasteiger partial charge is 0.254 e. The molecule has 1 unspecified atom stereocenters. The van der Waals surface area contributed by atoms with Crippen molar-refractivity contribution in [3.63, 3.8) is 0 Å². The highest BCUT2D eigenvalue weighted by Gasteiger charge is 2.48. The van der Waals surface area contributed by atoms with Gasteiger partial charge in [0.15, 0.2) is 0 Å². The molecule has 1 atom stereocenters. The average molecular weight is 490 g/mol. The summed E-state index contributed by atoms with van der Waals surface area (Å²) >= 11 is 0. The highest BCUT2D eigenvalue weighted by Crippen LogP contribution is 2.36. The van der Waals surface area contributed by atoms with Crippen molar-refractivity contribution in [3.05, 3.63) is 58.9 Å². The number of piperidine rings is 1. The monoisotopic (exact) mass is 490 g/mol. The van der Waals surface area contributed by atoms with Crippen molar-refractivity contribution in [3.8, 4) is 5.75 Å². The summed E-state index contributed by atoms with van der Waals surface area (Å²) in [5.41, 5.74) is 0.588. The number of hydrogen-bond acceptors (Lipinski definition) is 6. The molecule has 2 N–H and O–H groups in total. The van der Waals surface area contributed by atoms with Crippen molar-refractivity contribution in [1.82, 2.24) is 15.1 Å². The number of halogens is 1. The van der Waals surface area contributed by atoms with E-state index in [4.69, 9.17) is 12.6 Å². The fraction of sp³-hybridized carbons (Fsp3) is 0.423. The van der Waals surface area contributed by atoms with Crippen LogP contribution in [0.5, 0.6) is 5.75 Å². The number of fused-ring (bicyclic) bond motifs is 1. The third-order valence-corrected chi connectivity index (χ3v) is 7.19. The van der Waals surface area contributed by atoms with Gasteiger partial charge in [-0.25, -0.2) is 4.39 Å². The van der Waals surface area contributed by atoms with Crippen LogP contribution in [-0.4, -0.2) is 67.0 Å². The van der Waals surface area contributed by atoms with Gasteiger partial charge < -0.3 is 15.0 Å². The Morgan fingerprint density at radius 3 is 2.72 bits per heavy atom. The van der Waals surface area contributed by atoms with Gasteiger partial charge in [-0.3, -0.25) is 24.6 Å². The fourth-order valence-corrected chi connectivity index (χ4v) is 5.06. The topological polar surface area (TPSA) is 91.0 Å². The molecule has 0 saturated carbocycles. The summed E-state index contributed by atoms with van der Waals surface area (Å²) in [6.45, 7) is 3.87. The predicted octanol–water partition coefficient (Wildman–Crippen LogP) is 2.17. The number of amides is 3. The summed E-state index contributed by atoms with van der Waals surface area (Å²) in [5, 5.41) is 5.46. The lowest BCUT2D eigenvalue weighted by molar-refractivity contribution is -0.138. The number of ether oxygens (including phenoxy) is 1. The zero-order chi connectivity index (χ0) is 25.3. The second-order valence-corrected chi connectivity index (χ2v) is 9.53. The van der Waals surface area contributed by atoms with Crippen LogP contribution in [0.15, 0.2) is 36.4 Å². The number of nitrogens with zero attached hydrogens (tertiary/aromatic N) is 2. The number of rotatable bonds is 8. The third-order valence-electron chi connectivity index (χ3n) is 7.19. The van der Waals surface area contributed by atoms with E-state index >= 15 is 0 Å². The number of benzene rings is 2. The van der Waals surface area contributed by atoms with Gasteiger partial charge in [-0.2, -0.15) is 0 Å². The maximum absolute atomic E-state index is 14.6. The first-order valence-electron chi connectivity index (χ1n) is 12.3. The number of hydrogen-bond donors (Lipinski definition) is 2. The van der Waals surface area contributed by atoms with Crippen molar-refractivity contribution in [2.45, 2.75) is 44.2 Å². The van der Waals surface area contributed by atoms with Gasteiger partial charge in [-0.05, 0) is 62.7 Å². The van der Waals surface area contributed by atoms with E-state index in [0.29, 0.717) is 34.7 Å². The minimum absolute atomic E-state index is 0.0515. The van der Waals surface area contributed by atoms with Gasteiger partial charge in [0.05, 0.1) is 5.44 Å². The Morgan fingerprint density at radius 2 is 1.94 bits per heavy atom. The standard InChI is InChI=1S/C26H28BFN4O4/c27-26(9-8-23(33)30-25(26)35)32-16-20-19(24(32)34)4-3-5-22(20)29-15-17-14-18(6-7-21(17)28)36-13-12-31-10-1-2-11-31/h3-7,14,29H,1-2,8-13,15-16H2,(H,30,33,35). The first-order chi connectivity index (χ1) is 17.3. The van der Waals surface area contributed by atoms with E-state index in [1.807, 2.05) is 0 Å². The maximum atomic E-state index is 14.6. The van der Waals surface area contributed by atoms with Crippen LogP contribution in [0.1, 0.15) is 47.2 Å². The van der Waals surface area contributed by atoms with Crippen LogP contribution in [-0.2, 0) is 22.7 Å². The molecule has 3 heterocycles. The van der Waals surface area contributed by atoms with E-state index in [0.717, 1.165) is 19.6 Å². The van der Waals surface area contributed by atoms with Crippen molar-refractivity contribution < 1.29 is 23.5 Å². The Kier molecular flexibility index (Phi) is 6.70. The molecule has 2 radical (unpaired) electrons. The molecule has 0 spiro atoms.